The van der Waals surface area contributed by atoms with Gasteiger partial charge in [-0.15, -0.1) is 0 Å². The average molecular weight is 631 g/mol. The number of rotatable bonds is 7. The van der Waals surface area contributed by atoms with Crippen LogP contribution in [0.15, 0.2) is 65.7 Å². The second-order valence-corrected chi connectivity index (χ2v) is 10.8. The molecule has 0 heterocycles. The molecule has 0 aliphatic heterocycles. The van der Waals surface area contributed by atoms with Crippen LogP contribution in [0.3, 0.4) is 0 Å². The summed E-state index contributed by atoms with van der Waals surface area (Å²) in [6.45, 7) is 0.243. The molecular weight excluding hydrogens is 613 g/mol. The minimum absolute atomic E-state index is 0.0930. The van der Waals surface area contributed by atoms with Gasteiger partial charge in [0, 0.05) is 51.1 Å². The van der Waals surface area contributed by atoms with E-state index in [1.165, 1.54) is 30.5 Å². The molecule has 4 aromatic carbocycles. The van der Waals surface area contributed by atoms with Gasteiger partial charge in [0.15, 0.2) is 0 Å². The molecule has 0 aliphatic carbocycles. The molecular formula is C27H18Cl6N2O3. The highest BCUT2D eigenvalue weighted by atomic mass is 35.5. The second kappa shape index (κ2) is 12.1. The van der Waals surface area contributed by atoms with Crippen LogP contribution in [0.2, 0.25) is 30.1 Å². The van der Waals surface area contributed by atoms with Crippen molar-refractivity contribution in [1.29, 1.82) is 0 Å². The van der Waals surface area contributed by atoms with Crippen molar-refractivity contribution >= 4 is 87.2 Å². The number of hydrogen-bond donors (Lipinski definition) is 3. The third kappa shape index (κ3) is 6.55. The first-order valence-corrected chi connectivity index (χ1v) is 13.2. The van der Waals surface area contributed by atoms with E-state index in [-0.39, 0.29) is 45.4 Å². The smallest absolute Gasteiger partial charge is 0.143 e. The zero-order valence-electron chi connectivity index (χ0n) is 19.3. The minimum Gasteiger partial charge on any atom is -0.506 e. The summed E-state index contributed by atoms with van der Waals surface area (Å²) in [5.74, 6) is -0.422. The van der Waals surface area contributed by atoms with Gasteiger partial charge in [0.25, 0.3) is 0 Å². The number of hydrogen-bond acceptors (Lipinski definition) is 5. The van der Waals surface area contributed by atoms with E-state index in [0.717, 1.165) is 0 Å². The molecule has 3 N–H and O–H groups in total. The van der Waals surface area contributed by atoms with Crippen molar-refractivity contribution in [1.82, 2.24) is 0 Å². The van der Waals surface area contributed by atoms with Crippen molar-refractivity contribution in [3.63, 3.8) is 0 Å². The molecule has 0 radical (unpaired) electrons. The van der Waals surface area contributed by atoms with Crippen LogP contribution in [0.5, 0.6) is 17.2 Å². The van der Waals surface area contributed by atoms with Crippen molar-refractivity contribution in [2.75, 3.05) is 4.90 Å². The Bertz CT molecular complexity index is 1480. The molecule has 196 valence electrons. The predicted octanol–water partition coefficient (Wildman–Crippen LogP) is 9.68. The van der Waals surface area contributed by atoms with Crippen molar-refractivity contribution < 1.29 is 15.3 Å². The number of para-hydroxylation sites is 2. The topological polar surface area (TPSA) is 76.3 Å². The number of phenols is 3. The standard InChI is InChI=1S/C27H18Cl6N2O3/c28-17-5-14(25(36)20(31)8-17)11-34-23-3-1-2-4-24(23)35(12-15-6-18(29)9-21(32)26(15)37)13-16-7-19(30)10-22(33)27(16)38/h1-11,36-38H,12-13H2. The van der Waals surface area contributed by atoms with Gasteiger partial charge in [-0.2, -0.15) is 0 Å². The van der Waals surface area contributed by atoms with Gasteiger partial charge in [0.2, 0.25) is 0 Å². The number of benzene rings is 4. The molecule has 0 aromatic heterocycles. The van der Waals surface area contributed by atoms with E-state index in [2.05, 4.69) is 4.99 Å². The van der Waals surface area contributed by atoms with E-state index in [0.29, 0.717) is 43.1 Å². The minimum atomic E-state index is -0.161. The summed E-state index contributed by atoms with van der Waals surface area (Å²) in [4.78, 5) is 6.40. The Morgan fingerprint density at radius 2 is 1.11 bits per heavy atom. The third-order valence-electron chi connectivity index (χ3n) is 5.56. The Hall–Kier alpha value is -2.51. The van der Waals surface area contributed by atoms with Crippen molar-refractivity contribution in [3.05, 3.63) is 107 Å². The van der Waals surface area contributed by atoms with Gasteiger partial charge < -0.3 is 20.2 Å². The molecule has 11 heteroatoms. The monoisotopic (exact) mass is 628 g/mol. The maximum absolute atomic E-state index is 10.6. The zero-order chi connectivity index (χ0) is 27.6. The summed E-state index contributed by atoms with van der Waals surface area (Å²) >= 11 is 36.9. The Kier molecular flexibility index (Phi) is 9.09. The molecule has 0 unspecified atom stereocenters. The fourth-order valence-corrected chi connectivity index (χ4v) is 5.36. The predicted molar refractivity (Wildman–Crippen MR) is 158 cm³/mol. The van der Waals surface area contributed by atoms with Crippen molar-refractivity contribution in [2.45, 2.75) is 13.1 Å². The number of phenolic OH excluding ortho intramolecular Hbond substituents is 3. The highest BCUT2D eigenvalue weighted by Crippen LogP contribution is 2.39. The maximum atomic E-state index is 10.6. The molecule has 38 heavy (non-hydrogen) atoms. The number of nitrogens with zero attached hydrogens (tertiary/aromatic N) is 2. The lowest BCUT2D eigenvalue weighted by Gasteiger charge is -2.27. The molecule has 4 aromatic rings. The molecule has 0 saturated heterocycles. The average Bonchev–Trinajstić information content (AvgIpc) is 2.86. The summed E-state index contributed by atoms with van der Waals surface area (Å²) in [6, 6.07) is 16.2. The number of aromatic hydroxyl groups is 3. The van der Waals surface area contributed by atoms with Crippen LogP contribution in [0.4, 0.5) is 11.4 Å². The molecule has 0 fully saturated rings. The van der Waals surface area contributed by atoms with Gasteiger partial charge in [-0.3, -0.25) is 4.99 Å². The largest absolute Gasteiger partial charge is 0.506 e. The van der Waals surface area contributed by atoms with Crippen molar-refractivity contribution in [3.8, 4) is 17.2 Å². The van der Waals surface area contributed by atoms with Crippen LogP contribution < -0.4 is 4.90 Å². The lowest BCUT2D eigenvalue weighted by molar-refractivity contribution is 0.464. The van der Waals surface area contributed by atoms with Crippen LogP contribution in [0.25, 0.3) is 0 Å². The first-order chi connectivity index (χ1) is 18.0. The molecule has 0 bridgehead atoms. The lowest BCUT2D eigenvalue weighted by atomic mass is 10.1. The van der Waals surface area contributed by atoms with Gasteiger partial charge >= 0.3 is 0 Å². The normalized spacial score (nSPS) is 11.3. The van der Waals surface area contributed by atoms with Gasteiger partial charge in [-0.05, 0) is 48.5 Å². The van der Waals surface area contributed by atoms with Gasteiger partial charge in [0.1, 0.15) is 17.2 Å². The number of anilines is 1. The Morgan fingerprint density at radius 3 is 1.66 bits per heavy atom. The fraction of sp³-hybridized carbons (Fsp3) is 0.0741. The Labute approximate surface area is 249 Å². The van der Waals surface area contributed by atoms with E-state index >= 15 is 0 Å². The summed E-state index contributed by atoms with van der Waals surface area (Å²) in [6.07, 6.45) is 1.44. The van der Waals surface area contributed by atoms with E-state index < -0.39 is 0 Å². The van der Waals surface area contributed by atoms with Gasteiger partial charge in [-0.1, -0.05) is 81.7 Å². The first-order valence-electron chi connectivity index (χ1n) is 10.9. The second-order valence-electron chi connectivity index (χ2n) is 8.22. The van der Waals surface area contributed by atoms with Crippen LogP contribution in [-0.4, -0.2) is 21.5 Å². The van der Waals surface area contributed by atoms with E-state index in [4.69, 9.17) is 69.6 Å². The van der Waals surface area contributed by atoms with Crippen LogP contribution in [0, 0.1) is 0 Å². The molecule has 0 spiro atoms. The summed E-state index contributed by atoms with van der Waals surface area (Å²) < 4.78 is 0. The summed E-state index contributed by atoms with van der Waals surface area (Å²) in [5.41, 5.74) is 2.31. The maximum Gasteiger partial charge on any atom is 0.143 e. The highest BCUT2D eigenvalue weighted by Gasteiger charge is 2.19. The molecule has 4 rings (SSSR count). The highest BCUT2D eigenvalue weighted by molar-refractivity contribution is 6.37. The lowest BCUT2D eigenvalue weighted by Crippen LogP contribution is -2.22. The molecule has 0 atom stereocenters. The molecule has 0 saturated carbocycles. The number of aliphatic imine (C=N–C) groups is 1. The SMILES string of the molecule is Oc1c(Cl)cc(Cl)cc1C=Nc1ccccc1N(Cc1cc(Cl)cc(Cl)c1O)Cc1cc(Cl)cc(Cl)c1O. The van der Waals surface area contributed by atoms with E-state index in [1.807, 2.05) is 17.0 Å². The van der Waals surface area contributed by atoms with E-state index in [9.17, 15) is 15.3 Å². The number of halogens is 6. The summed E-state index contributed by atoms with van der Waals surface area (Å²) in [5, 5.41) is 32.9. The zero-order valence-corrected chi connectivity index (χ0v) is 23.8. The van der Waals surface area contributed by atoms with Crippen LogP contribution in [-0.2, 0) is 13.1 Å². The van der Waals surface area contributed by atoms with Gasteiger partial charge in [0.05, 0.1) is 26.4 Å². The van der Waals surface area contributed by atoms with Crippen molar-refractivity contribution in [2.24, 2.45) is 4.99 Å². The Morgan fingerprint density at radius 1 is 0.632 bits per heavy atom. The quantitative estimate of drug-likeness (QED) is 0.178. The molecule has 0 aliphatic rings. The third-order valence-corrected chi connectivity index (χ3v) is 7.08. The Balaban J connectivity index is 1.81. The van der Waals surface area contributed by atoms with E-state index in [1.54, 1.807) is 24.3 Å². The van der Waals surface area contributed by atoms with Crippen LogP contribution >= 0.6 is 69.6 Å². The molecule has 0 amide bonds. The molecule has 5 nitrogen and oxygen atoms in total. The fourth-order valence-electron chi connectivity index (χ4n) is 3.78. The summed E-state index contributed by atoms with van der Waals surface area (Å²) in [7, 11) is 0. The first kappa shape index (κ1) is 28.5. The van der Waals surface area contributed by atoms with Gasteiger partial charge in [-0.25, -0.2) is 0 Å². The van der Waals surface area contributed by atoms with Crippen LogP contribution in [0.1, 0.15) is 16.7 Å².